The number of quaternary nitrogens is 1. The summed E-state index contributed by atoms with van der Waals surface area (Å²) in [5.74, 6) is -2.96. The molecule has 2 atom stereocenters. The van der Waals surface area contributed by atoms with E-state index in [4.69, 9.17) is 14.6 Å². The summed E-state index contributed by atoms with van der Waals surface area (Å²) in [6.45, 7) is 4.50. The van der Waals surface area contributed by atoms with E-state index in [0.29, 0.717) is 5.92 Å². The van der Waals surface area contributed by atoms with E-state index in [-0.39, 0.29) is 12.0 Å². The molecule has 0 amide bonds. The normalized spacial score (nSPS) is 26.8. The van der Waals surface area contributed by atoms with Gasteiger partial charge in [0.25, 0.3) is 0 Å². The van der Waals surface area contributed by atoms with Crippen LogP contribution in [0.15, 0.2) is 35.0 Å². The summed E-state index contributed by atoms with van der Waals surface area (Å²) < 4.78 is 38.8. The Balaban J connectivity index is 0.000000426. The highest BCUT2D eigenvalue weighted by Gasteiger charge is 2.53. The molecule has 2 aromatic rings. The van der Waals surface area contributed by atoms with Gasteiger partial charge in [-0.15, -0.1) is 22.7 Å². The Labute approximate surface area is 228 Å². The number of aliphatic hydroxyl groups is 1. The van der Waals surface area contributed by atoms with E-state index in [1.807, 2.05) is 28.8 Å². The molecule has 0 spiro atoms. The summed E-state index contributed by atoms with van der Waals surface area (Å²) in [5.41, 5.74) is -1.47. The molecule has 6 rings (SSSR count). The molecule has 0 radical (unpaired) electrons. The Morgan fingerprint density at radius 3 is 2.24 bits per heavy atom. The van der Waals surface area contributed by atoms with E-state index >= 15 is 0 Å². The molecule has 11 heteroatoms. The van der Waals surface area contributed by atoms with Gasteiger partial charge < -0.3 is 24.2 Å². The molecule has 1 N–H and O–H groups in total. The first-order valence-corrected chi connectivity index (χ1v) is 14.9. The number of hydrogen-bond acceptors (Lipinski definition) is 7. The molecule has 38 heavy (non-hydrogen) atoms. The van der Waals surface area contributed by atoms with Gasteiger partial charge in [-0.2, -0.15) is 13.2 Å². The molecule has 3 aliphatic heterocycles. The van der Waals surface area contributed by atoms with Crippen LogP contribution in [0, 0.1) is 11.8 Å². The first-order valence-electron chi connectivity index (χ1n) is 13.2. The molecule has 6 nitrogen and oxygen atoms in total. The summed E-state index contributed by atoms with van der Waals surface area (Å²) in [5, 5.41) is 24.6. The van der Waals surface area contributed by atoms with Crippen LogP contribution in [-0.4, -0.2) is 60.0 Å². The van der Waals surface area contributed by atoms with Gasteiger partial charge in [0, 0.05) is 40.9 Å². The number of rotatable bonds is 8. The van der Waals surface area contributed by atoms with Gasteiger partial charge in [-0.1, -0.05) is 25.0 Å². The molecule has 0 aromatic carbocycles. The number of alkyl halides is 3. The van der Waals surface area contributed by atoms with E-state index in [9.17, 15) is 23.1 Å². The Morgan fingerprint density at radius 1 is 1.05 bits per heavy atom. The number of thiophene rings is 2. The van der Waals surface area contributed by atoms with Gasteiger partial charge in [0.1, 0.15) is 12.5 Å². The second-order valence-corrected chi connectivity index (χ2v) is 12.6. The summed E-state index contributed by atoms with van der Waals surface area (Å²) in [7, 11) is 0. The van der Waals surface area contributed by atoms with Gasteiger partial charge in [-0.25, -0.2) is 4.79 Å². The third-order valence-electron chi connectivity index (χ3n) is 8.32. The first-order chi connectivity index (χ1) is 18.0. The van der Waals surface area contributed by atoms with Crippen LogP contribution >= 0.6 is 22.7 Å². The summed E-state index contributed by atoms with van der Waals surface area (Å²) in [6.07, 6.45) is 3.34. The van der Waals surface area contributed by atoms with Crippen molar-refractivity contribution in [1.29, 1.82) is 0 Å². The van der Waals surface area contributed by atoms with E-state index in [2.05, 4.69) is 17.5 Å². The largest absolute Gasteiger partial charge is 0.542 e. The van der Waals surface area contributed by atoms with Crippen LogP contribution in [0.3, 0.4) is 0 Å². The average molecular weight is 574 g/mol. The number of fused-ring (bicyclic) bond motifs is 3. The number of carboxylic acid groups (broad SMARTS) is 1. The third kappa shape index (κ3) is 6.60. The van der Waals surface area contributed by atoms with Crippen molar-refractivity contribution < 1.29 is 42.2 Å². The Hall–Kier alpha value is -1.95. The zero-order chi connectivity index (χ0) is 27.4. The van der Waals surface area contributed by atoms with Gasteiger partial charge in [-0.05, 0) is 42.2 Å². The first kappa shape index (κ1) is 29.0. The molecule has 0 unspecified atom stereocenters. The standard InChI is InChI=1S/C25H34NO3S2.C2HF3O2/c27-24(25(28,20-6-1-2-7-20)23-10-5-17-31-23)29-22-18-26(14-11-19(22)12-15-26)13-3-8-21-9-4-16-30-21;3-2(4,5)1(6)7/h4-5,9-10,16-17,19-20,22,28H,1-3,6-8,11-15,18H2;(H,6,7)/q+1;/p-1/t19?,22-,25-,26?;/m0./s1. The SMILES string of the molecule is O=C(O[C@H]1C[N+]2(CCCc3cccs3)CCC1CC2)[C@@](O)(c1cccs1)C1CCCC1.O=C([O-])C(F)(F)F. The maximum atomic E-state index is 13.5. The fourth-order valence-corrected chi connectivity index (χ4v) is 7.89. The lowest BCUT2D eigenvalue weighted by molar-refractivity contribution is -0.946. The van der Waals surface area contributed by atoms with Crippen molar-refractivity contribution in [3.8, 4) is 0 Å². The van der Waals surface area contributed by atoms with Crippen LogP contribution in [0.4, 0.5) is 13.2 Å². The van der Waals surface area contributed by atoms with Crippen molar-refractivity contribution in [3.05, 3.63) is 44.8 Å². The van der Waals surface area contributed by atoms with Crippen LogP contribution < -0.4 is 5.11 Å². The molecule has 1 saturated carbocycles. The van der Waals surface area contributed by atoms with Crippen LogP contribution in [0.5, 0.6) is 0 Å². The predicted octanol–water partition coefficient (Wildman–Crippen LogP) is 4.27. The Kier molecular flexibility index (Phi) is 9.22. The second-order valence-electron chi connectivity index (χ2n) is 10.7. The minimum Gasteiger partial charge on any atom is -0.542 e. The number of ether oxygens (including phenoxy) is 1. The number of hydrogen-bond donors (Lipinski definition) is 1. The number of carbonyl (C=O) groups excluding carboxylic acids is 2. The Morgan fingerprint density at radius 2 is 1.68 bits per heavy atom. The number of aryl methyl sites for hydroxylation is 1. The van der Waals surface area contributed by atoms with Crippen molar-refractivity contribution in [1.82, 2.24) is 0 Å². The maximum Gasteiger partial charge on any atom is 0.430 e. The van der Waals surface area contributed by atoms with Gasteiger partial charge in [0.05, 0.1) is 19.6 Å². The van der Waals surface area contributed by atoms with E-state index in [1.54, 1.807) is 0 Å². The van der Waals surface area contributed by atoms with E-state index < -0.39 is 23.7 Å². The smallest absolute Gasteiger partial charge is 0.430 e. The lowest BCUT2D eigenvalue weighted by Gasteiger charge is -2.52. The van der Waals surface area contributed by atoms with Crippen LogP contribution in [0.2, 0.25) is 0 Å². The average Bonchev–Trinajstić information content (AvgIpc) is 3.68. The fourth-order valence-electron chi connectivity index (χ4n) is 6.25. The van der Waals surface area contributed by atoms with Crippen molar-refractivity contribution in [2.24, 2.45) is 11.8 Å². The van der Waals surface area contributed by atoms with Gasteiger partial charge in [-0.3, -0.25) is 0 Å². The van der Waals surface area contributed by atoms with Crippen LogP contribution in [0.25, 0.3) is 0 Å². The predicted molar refractivity (Wildman–Crippen MR) is 136 cm³/mol. The topological polar surface area (TPSA) is 86.7 Å². The zero-order valence-corrected chi connectivity index (χ0v) is 22.8. The van der Waals surface area contributed by atoms with Crippen molar-refractivity contribution in [2.45, 2.75) is 69.2 Å². The van der Waals surface area contributed by atoms with Gasteiger partial charge >= 0.3 is 12.1 Å². The molecule has 2 bridgehead atoms. The van der Waals surface area contributed by atoms with Gasteiger partial charge in [0.15, 0.2) is 11.7 Å². The number of piperidine rings is 3. The molecule has 2 aromatic heterocycles. The Bertz CT molecular complexity index is 1050. The molecule has 210 valence electrons. The fraction of sp³-hybridized carbons (Fsp3) is 0.630. The van der Waals surface area contributed by atoms with Crippen molar-refractivity contribution in [2.75, 3.05) is 26.2 Å². The minimum absolute atomic E-state index is 0.0197. The molecular weight excluding hydrogens is 539 g/mol. The number of esters is 1. The molecule has 5 heterocycles. The van der Waals surface area contributed by atoms with Crippen molar-refractivity contribution >= 4 is 34.6 Å². The number of aliphatic carboxylic acids is 1. The highest BCUT2D eigenvalue weighted by Crippen LogP contribution is 2.44. The molecule has 4 fully saturated rings. The van der Waals surface area contributed by atoms with Crippen LogP contribution in [-0.2, 0) is 26.3 Å². The molecular formula is C27H34F3NO5S2. The van der Waals surface area contributed by atoms with Crippen LogP contribution in [0.1, 0.15) is 54.7 Å². The molecule has 4 aliphatic rings. The summed E-state index contributed by atoms with van der Waals surface area (Å²) in [6, 6.07) is 8.19. The quantitative estimate of drug-likeness (QED) is 0.377. The number of carboxylic acids is 1. The van der Waals surface area contributed by atoms with E-state index in [0.717, 1.165) is 67.4 Å². The minimum atomic E-state index is -5.19. The molecule has 3 saturated heterocycles. The number of carbonyl (C=O) groups is 2. The second kappa shape index (κ2) is 12.1. The third-order valence-corrected chi connectivity index (χ3v) is 10.3. The van der Waals surface area contributed by atoms with Gasteiger partial charge in [0.2, 0.25) is 0 Å². The van der Waals surface area contributed by atoms with Crippen molar-refractivity contribution in [3.63, 3.8) is 0 Å². The lowest BCUT2D eigenvalue weighted by Crippen LogP contribution is -2.65. The number of halogens is 3. The van der Waals surface area contributed by atoms with E-state index in [1.165, 1.54) is 35.7 Å². The number of nitrogens with zero attached hydrogens (tertiary/aromatic N) is 1. The highest BCUT2D eigenvalue weighted by molar-refractivity contribution is 7.10. The monoisotopic (exact) mass is 573 g/mol. The molecule has 1 aliphatic carbocycles. The summed E-state index contributed by atoms with van der Waals surface area (Å²) in [4.78, 5) is 24.5. The summed E-state index contributed by atoms with van der Waals surface area (Å²) >= 11 is 3.32. The zero-order valence-electron chi connectivity index (χ0n) is 21.2. The lowest BCUT2D eigenvalue weighted by atomic mass is 9.82. The highest BCUT2D eigenvalue weighted by atomic mass is 32.1. The maximum absolute atomic E-state index is 13.5.